The van der Waals surface area contributed by atoms with E-state index < -0.39 is 40.3 Å². The van der Waals surface area contributed by atoms with Gasteiger partial charge in [0.05, 0.1) is 22.3 Å². The van der Waals surface area contributed by atoms with Gasteiger partial charge in [-0.1, -0.05) is 18.2 Å². The normalized spacial score (nSPS) is 14.4. The van der Waals surface area contributed by atoms with E-state index in [1.807, 2.05) is 0 Å². The fraction of sp³-hybridized carbons (Fsp3) is 0.192. The summed E-state index contributed by atoms with van der Waals surface area (Å²) in [6, 6.07) is 14.1. The third-order valence-electron chi connectivity index (χ3n) is 5.44. The molecule has 0 saturated carbocycles. The van der Waals surface area contributed by atoms with Crippen LogP contribution < -0.4 is 11.1 Å². The summed E-state index contributed by atoms with van der Waals surface area (Å²) < 4.78 is 5.29. The third-order valence-corrected chi connectivity index (χ3v) is 5.44. The molecule has 1 heterocycles. The first-order valence-corrected chi connectivity index (χ1v) is 11.0. The predicted molar refractivity (Wildman–Crippen MR) is 129 cm³/mol. The number of rotatable bonds is 6. The summed E-state index contributed by atoms with van der Waals surface area (Å²) in [5.74, 6) is -3.64. The van der Waals surface area contributed by atoms with Gasteiger partial charge in [0.2, 0.25) is 5.78 Å². The number of carbonyl (C=O) groups is 3. The Morgan fingerprint density at radius 1 is 0.944 bits per heavy atom. The second kappa shape index (κ2) is 11.8. The van der Waals surface area contributed by atoms with Gasteiger partial charge in [0.15, 0.2) is 0 Å². The van der Waals surface area contributed by atoms with Crippen LogP contribution in [0.25, 0.3) is 0 Å². The molecule has 3 aromatic carbocycles. The lowest BCUT2D eigenvalue weighted by molar-refractivity contribution is 0.0343. The van der Waals surface area contributed by atoms with Crippen LogP contribution in [0.3, 0.4) is 0 Å². The van der Waals surface area contributed by atoms with Crippen molar-refractivity contribution in [2.45, 2.75) is 19.1 Å². The molecule has 188 valence electrons. The van der Waals surface area contributed by atoms with Crippen molar-refractivity contribution in [3.05, 3.63) is 88.5 Å². The number of phenols is 3. The summed E-state index contributed by atoms with van der Waals surface area (Å²) in [7, 11) is 0. The molecule has 0 aromatic heterocycles. The number of hydrogen-bond acceptors (Lipinski definition) is 9. The van der Waals surface area contributed by atoms with Crippen LogP contribution in [0.15, 0.2) is 60.7 Å². The summed E-state index contributed by atoms with van der Waals surface area (Å²) in [6.45, 7) is 1.84. The number of ether oxygens (including phenoxy) is 1. The Labute approximate surface area is 206 Å². The molecule has 10 heteroatoms. The highest BCUT2D eigenvalue weighted by Crippen LogP contribution is 2.29. The van der Waals surface area contributed by atoms with E-state index >= 15 is 0 Å². The van der Waals surface area contributed by atoms with E-state index in [2.05, 4.69) is 5.32 Å². The van der Waals surface area contributed by atoms with Gasteiger partial charge >= 0.3 is 11.9 Å². The largest absolute Gasteiger partial charge is 0.508 e. The first kappa shape index (κ1) is 26.2. The SMILES string of the molecule is NCc1ccc(O)cc1.O=C(OC1CCNC1)c1ccc(C(=O)c2c(O)cccc2C(=O)O)c(O)c1. The Hall–Kier alpha value is -4.41. The molecule has 7 N–H and O–H groups in total. The molecule has 0 spiro atoms. The molecular weight excluding hydrogens is 468 g/mol. The number of aromatic hydroxyl groups is 3. The van der Waals surface area contributed by atoms with Crippen LogP contribution in [-0.4, -0.2) is 57.3 Å². The summed E-state index contributed by atoms with van der Waals surface area (Å²) in [5.41, 5.74) is 5.35. The first-order chi connectivity index (χ1) is 17.2. The molecule has 0 radical (unpaired) electrons. The maximum absolute atomic E-state index is 12.7. The van der Waals surface area contributed by atoms with Gasteiger partial charge in [0.25, 0.3) is 0 Å². The maximum atomic E-state index is 12.7. The number of carboxylic acid groups (broad SMARTS) is 1. The van der Waals surface area contributed by atoms with Crippen LogP contribution >= 0.6 is 0 Å². The highest BCUT2D eigenvalue weighted by molar-refractivity contribution is 6.17. The molecule has 1 fully saturated rings. The zero-order valence-electron chi connectivity index (χ0n) is 19.2. The average molecular weight is 495 g/mol. The molecule has 36 heavy (non-hydrogen) atoms. The maximum Gasteiger partial charge on any atom is 0.338 e. The molecular formula is C26H26N2O8. The van der Waals surface area contributed by atoms with Crippen molar-refractivity contribution >= 4 is 17.7 Å². The summed E-state index contributed by atoms with van der Waals surface area (Å²) in [5, 5.41) is 41.2. The van der Waals surface area contributed by atoms with Crippen LogP contribution in [0.1, 0.15) is 48.6 Å². The number of nitrogens with two attached hydrogens (primary N) is 1. The van der Waals surface area contributed by atoms with Gasteiger partial charge in [0.1, 0.15) is 23.4 Å². The number of carboxylic acids is 1. The van der Waals surface area contributed by atoms with Crippen LogP contribution in [0, 0.1) is 0 Å². The number of esters is 1. The minimum atomic E-state index is -1.39. The van der Waals surface area contributed by atoms with Crippen molar-refractivity contribution in [2.24, 2.45) is 5.73 Å². The summed E-state index contributed by atoms with van der Waals surface area (Å²) >= 11 is 0. The number of phenolic OH excluding ortho intramolecular Hbond substituents is 3. The highest BCUT2D eigenvalue weighted by Gasteiger charge is 2.25. The van der Waals surface area contributed by atoms with Gasteiger partial charge in [-0.05, 0) is 61.0 Å². The topological polar surface area (TPSA) is 179 Å². The van der Waals surface area contributed by atoms with Crippen molar-refractivity contribution in [1.29, 1.82) is 0 Å². The molecule has 1 aliphatic heterocycles. The lowest BCUT2D eigenvalue weighted by atomic mass is 9.96. The van der Waals surface area contributed by atoms with Crippen LogP contribution in [-0.2, 0) is 11.3 Å². The Kier molecular flexibility index (Phi) is 8.61. The smallest absolute Gasteiger partial charge is 0.338 e. The lowest BCUT2D eigenvalue weighted by Crippen LogP contribution is -2.21. The number of hydrogen-bond donors (Lipinski definition) is 6. The number of nitrogens with one attached hydrogen (secondary N) is 1. The molecule has 10 nitrogen and oxygen atoms in total. The fourth-order valence-corrected chi connectivity index (χ4v) is 3.52. The van der Waals surface area contributed by atoms with E-state index in [1.54, 1.807) is 24.3 Å². The molecule has 3 aromatic rings. The van der Waals surface area contributed by atoms with Crippen molar-refractivity contribution in [3.63, 3.8) is 0 Å². The minimum absolute atomic E-state index is 0.0618. The number of carbonyl (C=O) groups excluding carboxylic acids is 2. The van der Waals surface area contributed by atoms with Gasteiger partial charge in [-0.3, -0.25) is 4.79 Å². The quantitative estimate of drug-likeness (QED) is 0.220. The Morgan fingerprint density at radius 3 is 2.25 bits per heavy atom. The van der Waals surface area contributed by atoms with Gasteiger partial charge in [-0.15, -0.1) is 0 Å². The van der Waals surface area contributed by atoms with E-state index in [9.17, 15) is 29.7 Å². The van der Waals surface area contributed by atoms with Gasteiger partial charge in [-0.25, -0.2) is 9.59 Å². The molecule has 0 aliphatic carbocycles. The third kappa shape index (κ3) is 6.38. The second-order valence-electron chi connectivity index (χ2n) is 7.96. The van der Waals surface area contributed by atoms with Crippen molar-refractivity contribution in [1.82, 2.24) is 5.32 Å². The minimum Gasteiger partial charge on any atom is -0.508 e. The molecule has 1 aliphatic rings. The Balaban J connectivity index is 0.000000338. The summed E-state index contributed by atoms with van der Waals surface area (Å²) in [4.78, 5) is 36.1. The van der Waals surface area contributed by atoms with Crippen LogP contribution in [0.2, 0.25) is 0 Å². The zero-order valence-corrected chi connectivity index (χ0v) is 19.2. The first-order valence-electron chi connectivity index (χ1n) is 11.0. The number of aromatic carboxylic acids is 1. The number of benzene rings is 3. The van der Waals surface area contributed by atoms with Gasteiger partial charge in [0, 0.05) is 13.1 Å². The van der Waals surface area contributed by atoms with E-state index in [1.165, 1.54) is 30.3 Å². The van der Waals surface area contributed by atoms with E-state index in [-0.39, 0.29) is 23.0 Å². The van der Waals surface area contributed by atoms with Crippen LogP contribution in [0.4, 0.5) is 0 Å². The Bertz CT molecular complexity index is 1250. The van der Waals surface area contributed by atoms with E-state index in [0.29, 0.717) is 19.5 Å². The van der Waals surface area contributed by atoms with Crippen molar-refractivity contribution < 1.29 is 39.5 Å². The summed E-state index contributed by atoms with van der Waals surface area (Å²) in [6.07, 6.45) is 0.444. The predicted octanol–water partition coefficient (Wildman–Crippen LogP) is 2.40. The Morgan fingerprint density at radius 2 is 1.67 bits per heavy atom. The van der Waals surface area contributed by atoms with Gasteiger partial charge < -0.3 is 36.2 Å². The van der Waals surface area contributed by atoms with E-state index in [0.717, 1.165) is 18.2 Å². The fourth-order valence-electron chi connectivity index (χ4n) is 3.52. The van der Waals surface area contributed by atoms with Gasteiger partial charge in [-0.2, -0.15) is 0 Å². The monoisotopic (exact) mass is 494 g/mol. The molecule has 4 rings (SSSR count). The second-order valence-corrected chi connectivity index (χ2v) is 7.96. The molecule has 0 amide bonds. The van der Waals surface area contributed by atoms with Crippen molar-refractivity contribution in [3.8, 4) is 17.2 Å². The number of ketones is 1. The highest BCUT2D eigenvalue weighted by atomic mass is 16.5. The lowest BCUT2D eigenvalue weighted by Gasteiger charge is -2.12. The molecule has 1 saturated heterocycles. The average Bonchev–Trinajstić information content (AvgIpc) is 3.37. The van der Waals surface area contributed by atoms with Crippen LogP contribution in [0.5, 0.6) is 17.2 Å². The van der Waals surface area contributed by atoms with Crippen molar-refractivity contribution in [2.75, 3.05) is 13.1 Å². The zero-order chi connectivity index (χ0) is 26.2. The molecule has 0 bridgehead atoms. The molecule has 1 unspecified atom stereocenters. The standard InChI is InChI=1S/C19H17NO7.C7H9NO/c21-14-3-1-2-13(18(24)25)16(14)17(23)12-5-4-10(8-15(12)22)19(26)27-11-6-7-20-9-11;8-5-6-1-3-7(9)4-2-6/h1-5,8,11,20-22H,6-7,9H2,(H,24,25);1-4,9H,5,8H2. The molecule has 1 atom stereocenters. The van der Waals surface area contributed by atoms with E-state index in [4.69, 9.17) is 15.6 Å².